The predicted octanol–water partition coefficient (Wildman–Crippen LogP) is 0.973. The average molecular weight is 231 g/mol. The summed E-state index contributed by atoms with van der Waals surface area (Å²) < 4.78 is 4.68. The molecule has 82 valence electrons. The smallest absolute Gasteiger partial charge is 0.320 e. The molecular weight excluding hydrogens is 222 g/mol. The quantitative estimate of drug-likeness (QED) is 0.351. The van der Waals surface area contributed by atoms with Crippen LogP contribution in [0, 0.1) is 10.1 Å². The van der Waals surface area contributed by atoms with E-state index in [1.165, 1.54) is 0 Å². The summed E-state index contributed by atoms with van der Waals surface area (Å²) in [5.41, 5.74) is -0.135. The number of ether oxygens (including phenoxy) is 1. The number of aromatic nitrogens is 2. The van der Waals surface area contributed by atoms with Crippen molar-refractivity contribution in [2.45, 2.75) is 11.9 Å². The van der Waals surface area contributed by atoms with Crippen LogP contribution in [0.15, 0.2) is 11.2 Å². The second kappa shape index (κ2) is 5.35. The standard InChI is InChI=1S/C7H9N3O4S/c1-2-14-6(11)4-15-7-5(10(12)13)3-8-9-7/h3H,2,4H2,1H3,(H,8,9). The molecule has 0 fully saturated rings. The van der Waals surface area contributed by atoms with Crippen LogP contribution in [0.3, 0.4) is 0 Å². The van der Waals surface area contributed by atoms with E-state index in [-0.39, 0.29) is 16.5 Å². The van der Waals surface area contributed by atoms with Crippen molar-refractivity contribution in [3.63, 3.8) is 0 Å². The molecule has 1 aromatic heterocycles. The second-order valence-corrected chi connectivity index (χ2v) is 3.42. The highest BCUT2D eigenvalue weighted by Crippen LogP contribution is 2.25. The molecule has 0 atom stereocenters. The third-order valence-corrected chi connectivity index (χ3v) is 2.39. The lowest BCUT2D eigenvalue weighted by molar-refractivity contribution is -0.387. The Morgan fingerprint density at radius 2 is 2.53 bits per heavy atom. The monoisotopic (exact) mass is 231 g/mol. The number of thioether (sulfide) groups is 1. The number of esters is 1. The molecule has 8 heteroatoms. The molecule has 15 heavy (non-hydrogen) atoms. The van der Waals surface area contributed by atoms with Gasteiger partial charge in [0.25, 0.3) is 0 Å². The van der Waals surface area contributed by atoms with E-state index in [1.54, 1.807) is 6.92 Å². The number of hydrogen-bond acceptors (Lipinski definition) is 6. The minimum absolute atomic E-state index is 0.0247. The van der Waals surface area contributed by atoms with Crippen molar-refractivity contribution in [1.82, 2.24) is 10.2 Å². The summed E-state index contributed by atoms with van der Waals surface area (Å²) in [5.74, 6) is -0.386. The van der Waals surface area contributed by atoms with Gasteiger partial charge in [0.2, 0.25) is 0 Å². The normalized spacial score (nSPS) is 9.93. The SMILES string of the molecule is CCOC(=O)CSc1[nH]ncc1[N+](=O)[O-]. The highest BCUT2D eigenvalue weighted by Gasteiger charge is 2.17. The Balaban J connectivity index is 2.54. The molecule has 7 nitrogen and oxygen atoms in total. The summed E-state index contributed by atoms with van der Waals surface area (Å²) in [6, 6.07) is 0. The lowest BCUT2D eigenvalue weighted by Crippen LogP contribution is -2.06. The van der Waals surface area contributed by atoms with Crippen molar-refractivity contribution in [2.24, 2.45) is 0 Å². The van der Waals surface area contributed by atoms with Crippen molar-refractivity contribution in [3.05, 3.63) is 16.3 Å². The zero-order chi connectivity index (χ0) is 11.3. The fourth-order valence-electron chi connectivity index (χ4n) is 0.838. The number of nitro groups is 1. The summed E-state index contributed by atoms with van der Waals surface area (Å²) in [6.45, 7) is 1.99. The maximum atomic E-state index is 11.0. The van der Waals surface area contributed by atoms with E-state index in [9.17, 15) is 14.9 Å². The van der Waals surface area contributed by atoms with Crippen LogP contribution >= 0.6 is 11.8 Å². The Kier molecular flexibility index (Phi) is 4.10. The molecule has 0 spiro atoms. The van der Waals surface area contributed by atoms with E-state index in [0.717, 1.165) is 18.0 Å². The fourth-order valence-corrected chi connectivity index (χ4v) is 1.58. The number of aromatic amines is 1. The zero-order valence-electron chi connectivity index (χ0n) is 7.93. The number of nitrogens with one attached hydrogen (secondary N) is 1. The first-order valence-corrected chi connectivity index (χ1v) is 5.10. The maximum Gasteiger partial charge on any atom is 0.320 e. The van der Waals surface area contributed by atoms with E-state index in [0.29, 0.717) is 6.61 Å². The molecule has 0 aliphatic carbocycles. The van der Waals surface area contributed by atoms with Crippen molar-refractivity contribution in [2.75, 3.05) is 12.4 Å². The van der Waals surface area contributed by atoms with Crippen LogP contribution < -0.4 is 0 Å². The van der Waals surface area contributed by atoms with Gasteiger partial charge in [-0.25, -0.2) is 0 Å². The molecule has 1 heterocycles. The van der Waals surface area contributed by atoms with Gasteiger partial charge >= 0.3 is 11.7 Å². The first kappa shape index (κ1) is 11.5. The van der Waals surface area contributed by atoms with Gasteiger partial charge in [-0.05, 0) is 6.92 Å². The summed E-state index contributed by atoms with van der Waals surface area (Å²) in [6.07, 6.45) is 1.10. The number of carbonyl (C=O) groups is 1. The van der Waals surface area contributed by atoms with Gasteiger partial charge in [0.05, 0.1) is 17.3 Å². The van der Waals surface area contributed by atoms with Crippen molar-refractivity contribution >= 4 is 23.4 Å². The van der Waals surface area contributed by atoms with Crippen LogP contribution in [-0.2, 0) is 9.53 Å². The summed E-state index contributed by atoms with van der Waals surface area (Å²) in [4.78, 5) is 20.9. The Hall–Kier alpha value is -1.57. The number of rotatable bonds is 5. The van der Waals surface area contributed by atoms with Gasteiger partial charge in [0.15, 0.2) is 5.03 Å². The number of carbonyl (C=O) groups excluding carboxylic acids is 1. The largest absolute Gasteiger partial charge is 0.465 e. The van der Waals surface area contributed by atoms with Gasteiger partial charge in [-0.1, -0.05) is 11.8 Å². The topological polar surface area (TPSA) is 98.1 Å². The zero-order valence-corrected chi connectivity index (χ0v) is 8.74. The molecule has 0 aliphatic heterocycles. The molecule has 1 N–H and O–H groups in total. The van der Waals surface area contributed by atoms with Crippen molar-refractivity contribution in [1.29, 1.82) is 0 Å². The van der Waals surface area contributed by atoms with Crippen LogP contribution in [0.4, 0.5) is 5.69 Å². The second-order valence-electron chi connectivity index (χ2n) is 2.44. The molecule has 0 unspecified atom stereocenters. The third-order valence-electron chi connectivity index (χ3n) is 1.42. The molecule has 0 radical (unpaired) electrons. The van der Waals surface area contributed by atoms with Crippen LogP contribution in [0.2, 0.25) is 0 Å². The molecular formula is C7H9N3O4S. The van der Waals surface area contributed by atoms with Gasteiger partial charge in [-0.2, -0.15) is 5.10 Å². The average Bonchev–Trinajstić information content (AvgIpc) is 2.63. The summed E-state index contributed by atoms with van der Waals surface area (Å²) in [5, 5.41) is 16.7. The number of nitrogens with zero attached hydrogens (tertiary/aromatic N) is 2. The highest BCUT2D eigenvalue weighted by atomic mass is 32.2. The number of H-pyrrole nitrogens is 1. The third kappa shape index (κ3) is 3.24. The Labute approximate surface area is 89.3 Å². The molecule has 0 saturated carbocycles. The Morgan fingerprint density at radius 1 is 1.80 bits per heavy atom. The van der Waals surface area contributed by atoms with Crippen molar-refractivity contribution in [3.8, 4) is 0 Å². The predicted molar refractivity (Wildman–Crippen MR) is 52.6 cm³/mol. The summed E-state index contributed by atoms with van der Waals surface area (Å²) >= 11 is 0.996. The Bertz CT molecular complexity index is 365. The molecule has 0 saturated heterocycles. The molecule has 0 bridgehead atoms. The van der Waals surface area contributed by atoms with E-state index in [4.69, 9.17) is 0 Å². The van der Waals surface area contributed by atoms with Gasteiger partial charge in [0, 0.05) is 0 Å². The first-order chi connectivity index (χ1) is 7.15. The molecule has 0 aromatic carbocycles. The Morgan fingerprint density at radius 3 is 3.13 bits per heavy atom. The van der Waals surface area contributed by atoms with E-state index >= 15 is 0 Å². The first-order valence-electron chi connectivity index (χ1n) is 4.11. The molecule has 1 rings (SSSR count). The lowest BCUT2D eigenvalue weighted by Gasteiger charge is -1.99. The van der Waals surface area contributed by atoms with Gasteiger partial charge < -0.3 is 4.74 Å². The van der Waals surface area contributed by atoms with Crippen LogP contribution in [-0.4, -0.2) is 33.4 Å². The van der Waals surface area contributed by atoms with Gasteiger partial charge in [0.1, 0.15) is 6.20 Å². The van der Waals surface area contributed by atoms with Crippen LogP contribution in [0.5, 0.6) is 0 Å². The van der Waals surface area contributed by atoms with E-state index in [1.807, 2.05) is 0 Å². The molecule has 0 amide bonds. The van der Waals surface area contributed by atoms with Crippen molar-refractivity contribution < 1.29 is 14.5 Å². The van der Waals surface area contributed by atoms with Gasteiger partial charge in [-0.15, -0.1) is 0 Å². The maximum absolute atomic E-state index is 11.0. The lowest BCUT2D eigenvalue weighted by atomic mass is 10.6. The van der Waals surface area contributed by atoms with Crippen LogP contribution in [0.1, 0.15) is 6.92 Å². The fraction of sp³-hybridized carbons (Fsp3) is 0.429. The minimum Gasteiger partial charge on any atom is -0.465 e. The van der Waals surface area contributed by atoms with E-state index in [2.05, 4.69) is 14.9 Å². The minimum atomic E-state index is -0.559. The summed E-state index contributed by atoms with van der Waals surface area (Å²) in [7, 11) is 0. The molecule has 1 aromatic rings. The number of hydrogen-bond donors (Lipinski definition) is 1. The van der Waals surface area contributed by atoms with Crippen LogP contribution in [0.25, 0.3) is 0 Å². The molecule has 0 aliphatic rings. The van der Waals surface area contributed by atoms with Gasteiger partial charge in [-0.3, -0.25) is 20.0 Å². The van der Waals surface area contributed by atoms with E-state index < -0.39 is 10.9 Å². The highest BCUT2D eigenvalue weighted by molar-refractivity contribution is 8.00.